The van der Waals surface area contributed by atoms with E-state index in [0.29, 0.717) is 33.8 Å². The summed E-state index contributed by atoms with van der Waals surface area (Å²) in [5, 5.41) is 10.6. The Hall–Kier alpha value is -2.33. The molecule has 0 aliphatic heterocycles. The van der Waals surface area contributed by atoms with Crippen LogP contribution in [0.2, 0.25) is 0 Å². The minimum absolute atomic E-state index is 0.109. The lowest BCUT2D eigenvalue weighted by atomic mass is 9.82. The number of hydrogen-bond donors (Lipinski definition) is 1. The highest BCUT2D eigenvalue weighted by molar-refractivity contribution is 6.13. The lowest BCUT2D eigenvalue weighted by molar-refractivity contribution is 0.101. The highest BCUT2D eigenvalue weighted by Gasteiger charge is 2.32. The van der Waals surface area contributed by atoms with Gasteiger partial charge in [-0.15, -0.1) is 0 Å². The Morgan fingerprint density at radius 1 is 1.05 bits per heavy atom. The third-order valence-corrected chi connectivity index (χ3v) is 3.60. The molecule has 2 aromatic rings. The van der Waals surface area contributed by atoms with Gasteiger partial charge in [0, 0.05) is 16.7 Å². The number of aliphatic hydroxyl groups is 1. The fourth-order valence-electron chi connectivity index (χ4n) is 2.60. The number of benzene rings is 2. The average molecular weight is 270 g/mol. The Bertz CT molecular complexity index is 691. The topological polar surface area (TPSA) is 55.8 Å². The molecular weight excluding hydrogens is 256 g/mol. The van der Waals surface area contributed by atoms with Gasteiger partial charge in [0.2, 0.25) is 0 Å². The van der Waals surface area contributed by atoms with Crippen molar-refractivity contribution in [1.29, 1.82) is 0 Å². The van der Waals surface area contributed by atoms with Crippen molar-refractivity contribution in [2.75, 3.05) is 14.2 Å². The fourth-order valence-corrected chi connectivity index (χ4v) is 2.60. The van der Waals surface area contributed by atoms with Gasteiger partial charge in [0.15, 0.2) is 5.78 Å². The third-order valence-electron chi connectivity index (χ3n) is 3.60. The molecule has 0 heterocycles. The number of ether oxygens (including phenoxy) is 2. The molecule has 1 atom stereocenters. The first-order valence-corrected chi connectivity index (χ1v) is 6.25. The molecule has 4 nitrogen and oxygen atoms in total. The maximum atomic E-state index is 12.5. The molecule has 1 aliphatic carbocycles. The molecule has 0 spiro atoms. The fraction of sp³-hybridized carbons (Fsp3) is 0.188. The molecule has 1 N–H and O–H groups in total. The first-order chi connectivity index (χ1) is 9.67. The van der Waals surface area contributed by atoms with Gasteiger partial charge >= 0.3 is 0 Å². The van der Waals surface area contributed by atoms with E-state index in [9.17, 15) is 9.90 Å². The molecule has 0 saturated carbocycles. The average Bonchev–Trinajstić information content (AvgIpc) is 2.51. The number of rotatable bonds is 2. The molecule has 4 heteroatoms. The first kappa shape index (κ1) is 12.7. The predicted octanol–water partition coefficient (Wildman–Crippen LogP) is 2.33. The van der Waals surface area contributed by atoms with Crippen LogP contribution in [0.15, 0.2) is 36.4 Å². The second kappa shape index (κ2) is 4.65. The molecule has 2 aromatic carbocycles. The van der Waals surface area contributed by atoms with E-state index in [1.807, 2.05) is 0 Å². The highest BCUT2D eigenvalue weighted by Crippen LogP contribution is 2.40. The third kappa shape index (κ3) is 1.69. The van der Waals surface area contributed by atoms with Crippen molar-refractivity contribution in [3.8, 4) is 11.5 Å². The second-order valence-electron chi connectivity index (χ2n) is 4.61. The molecule has 0 amide bonds. The van der Waals surface area contributed by atoms with Gasteiger partial charge in [-0.3, -0.25) is 4.79 Å². The minimum Gasteiger partial charge on any atom is -0.497 e. The van der Waals surface area contributed by atoms with Crippen molar-refractivity contribution in [1.82, 2.24) is 0 Å². The zero-order chi connectivity index (χ0) is 14.3. The van der Waals surface area contributed by atoms with Gasteiger partial charge in [0.05, 0.1) is 14.2 Å². The van der Waals surface area contributed by atoms with Crippen LogP contribution in [-0.4, -0.2) is 25.1 Å². The van der Waals surface area contributed by atoms with Crippen LogP contribution < -0.4 is 9.47 Å². The SMILES string of the molecule is COc1ccc2c(c1)C(O)c1c(OC)cccc1C2=O. The molecule has 1 aliphatic rings. The molecule has 0 saturated heterocycles. The Morgan fingerprint density at radius 3 is 2.55 bits per heavy atom. The summed E-state index contributed by atoms with van der Waals surface area (Å²) in [4.78, 5) is 12.5. The van der Waals surface area contributed by atoms with Crippen LogP contribution >= 0.6 is 0 Å². The van der Waals surface area contributed by atoms with Crippen LogP contribution in [0, 0.1) is 0 Å². The standard InChI is InChI=1S/C16H14O4/c1-19-9-6-7-10-12(8-9)16(18)14-11(15(10)17)4-3-5-13(14)20-2/h3-8,16,18H,1-2H3. The summed E-state index contributed by atoms with van der Waals surface area (Å²) in [7, 11) is 3.07. The monoisotopic (exact) mass is 270 g/mol. The van der Waals surface area contributed by atoms with E-state index >= 15 is 0 Å². The molecule has 3 rings (SSSR count). The Balaban J connectivity index is 2.25. The summed E-state index contributed by atoms with van der Waals surface area (Å²) >= 11 is 0. The van der Waals surface area contributed by atoms with Gasteiger partial charge in [0.25, 0.3) is 0 Å². The van der Waals surface area contributed by atoms with Crippen molar-refractivity contribution in [3.63, 3.8) is 0 Å². The molecule has 0 aromatic heterocycles. The molecular formula is C16H14O4. The number of methoxy groups -OCH3 is 2. The van der Waals surface area contributed by atoms with E-state index in [4.69, 9.17) is 9.47 Å². The number of carbonyl (C=O) groups is 1. The summed E-state index contributed by atoms with van der Waals surface area (Å²) < 4.78 is 10.4. The number of fused-ring (bicyclic) bond motifs is 2. The van der Waals surface area contributed by atoms with Crippen molar-refractivity contribution in [2.24, 2.45) is 0 Å². The Labute approximate surface area is 116 Å². The highest BCUT2D eigenvalue weighted by atomic mass is 16.5. The number of aliphatic hydroxyl groups excluding tert-OH is 1. The maximum Gasteiger partial charge on any atom is 0.193 e. The van der Waals surface area contributed by atoms with Crippen LogP contribution in [0.25, 0.3) is 0 Å². The van der Waals surface area contributed by atoms with Gasteiger partial charge in [-0.05, 0) is 29.8 Å². The maximum absolute atomic E-state index is 12.5. The van der Waals surface area contributed by atoms with E-state index in [1.54, 1.807) is 43.5 Å². The molecule has 20 heavy (non-hydrogen) atoms. The van der Waals surface area contributed by atoms with E-state index in [2.05, 4.69) is 0 Å². The molecule has 102 valence electrons. The Morgan fingerprint density at radius 2 is 1.85 bits per heavy atom. The summed E-state index contributed by atoms with van der Waals surface area (Å²) in [5.41, 5.74) is 2.04. The van der Waals surface area contributed by atoms with Gasteiger partial charge in [0.1, 0.15) is 17.6 Å². The molecule has 0 bridgehead atoms. The van der Waals surface area contributed by atoms with Gasteiger partial charge < -0.3 is 14.6 Å². The van der Waals surface area contributed by atoms with Crippen LogP contribution in [0.5, 0.6) is 11.5 Å². The van der Waals surface area contributed by atoms with Crippen molar-refractivity contribution in [3.05, 3.63) is 58.7 Å². The minimum atomic E-state index is -0.899. The van der Waals surface area contributed by atoms with Crippen molar-refractivity contribution >= 4 is 5.78 Å². The van der Waals surface area contributed by atoms with Gasteiger partial charge in [-0.2, -0.15) is 0 Å². The largest absolute Gasteiger partial charge is 0.497 e. The van der Waals surface area contributed by atoms with Crippen LogP contribution in [-0.2, 0) is 0 Å². The second-order valence-corrected chi connectivity index (χ2v) is 4.61. The van der Waals surface area contributed by atoms with Crippen LogP contribution in [0.4, 0.5) is 0 Å². The molecule has 1 unspecified atom stereocenters. The summed E-state index contributed by atoms with van der Waals surface area (Å²) in [6.07, 6.45) is -0.899. The van der Waals surface area contributed by atoms with Gasteiger partial charge in [-0.25, -0.2) is 0 Å². The predicted molar refractivity (Wildman–Crippen MR) is 73.5 cm³/mol. The number of hydrogen-bond acceptors (Lipinski definition) is 4. The summed E-state index contributed by atoms with van der Waals surface area (Å²) in [6.45, 7) is 0. The smallest absolute Gasteiger partial charge is 0.193 e. The lowest BCUT2D eigenvalue weighted by Gasteiger charge is -2.25. The van der Waals surface area contributed by atoms with Crippen LogP contribution in [0.1, 0.15) is 33.2 Å². The normalized spacial score (nSPS) is 16.4. The van der Waals surface area contributed by atoms with Gasteiger partial charge in [-0.1, -0.05) is 12.1 Å². The van der Waals surface area contributed by atoms with E-state index < -0.39 is 6.10 Å². The zero-order valence-corrected chi connectivity index (χ0v) is 11.2. The number of ketones is 1. The quantitative estimate of drug-likeness (QED) is 0.910. The first-order valence-electron chi connectivity index (χ1n) is 6.25. The van der Waals surface area contributed by atoms with E-state index in [-0.39, 0.29) is 5.78 Å². The summed E-state index contributed by atoms with van der Waals surface area (Å²) in [6, 6.07) is 10.3. The molecule has 0 radical (unpaired) electrons. The molecule has 0 fully saturated rings. The van der Waals surface area contributed by atoms with Crippen LogP contribution in [0.3, 0.4) is 0 Å². The van der Waals surface area contributed by atoms with E-state index in [0.717, 1.165) is 0 Å². The Kier molecular flexibility index (Phi) is 2.95. The van der Waals surface area contributed by atoms with E-state index in [1.165, 1.54) is 7.11 Å². The number of carbonyl (C=O) groups excluding carboxylic acids is 1. The lowest BCUT2D eigenvalue weighted by Crippen LogP contribution is -2.20. The summed E-state index contributed by atoms with van der Waals surface area (Å²) in [5.74, 6) is 1.01. The zero-order valence-electron chi connectivity index (χ0n) is 11.2. The van der Waals surface area contributed by atoms with Crippen molar-refractivity contribution < 1.29 is 19.4 Å². The van der Waals surface area contributed by atoms with Crippen molar-refractivity contribution in [2.45, 2.75) is 6.10 Å².